The summed E-state index contributed by atoms with van der Waals surface area (Å²) in [6, 6.07) is 11.7. The zero-order chi connectivity index (χ0) is 14.3. The highest BCUT2D eigenvalue weighted by Gasteiger charge is 2.09. The quantitative estimate of drug-likeness (QED) is 0.679. The third kappa shape index (κ3) is 1.99. The van der Waals surface area contributed by atoms with Crippen LogP contribution in [-0.2, 0) is 0 Å². The van der Waals surface area contributed by atoms with Gasteiger partial charge in [-0.1, -0.05) is 11.6 Å². The lowest BCUT2D eigenvalue weighted by atomic mass is 10.2. The van der Waals surface area contributed by atoms with E-state index in [1.807, 2.05) is 0 Å². The van der Waals surface area contributed by atoms with E-state index in [-0.39, 0.29) is 5.02 Å². The van der Waals surface area contributed by atoms with Gasteiger partial charge >= 0.3 is 0 Å². The summed E-state index contributed by atoms with van der Waals surface area (Å²) in [5.41, 5.74) is 2.71. The number of aromatic nitrogens is 2. The number of fused-ring (bicyclic) bond motifs is 1. The van der Waals surface area contributed by atoms with Crippen molar-refractivity contribution in [3.05, 3.63) is 57.6 Å². The van der Waals surface area contributed by atoms with Gasteiger partial charge in [0.25, 0.3) is 0 Å². The topological polar surface area (TPSA) is 44.5 Å². The Morgan fingerprint density at radius 1 is 1.25 bits per heavy atom. The van der Waals surface area contributed by atoms with Crippen molar-refractivity contribution in [2.45, 2.75) is 0 Å². The van der Waals surface area contributed by atoms with Crippen molar-refractivity contribution >= 4 is 34.9 Å². The predicted molar refractivity (Wildman–Crippen MR) is 78.1 cm³/mol. The van der Waals surface area contributed by atoms with E-state index in [0.717, 1.165) is 11.0 Å². The molecule has 0 aliphatic carbocycles. The molecule has 0 spiro atoms. The van der Waals surface area contributed by atoms with Crippen LogP contribution in [-0.4, -0.2) is 9.55 Å². The summed E-state index contributed by atoms with van der Waals surface area (Å²) in [4.78, 5) is 3.04. The molecule has 0 unspecified atom stereocenters. The van der Waals surface area contributed by atoms with Crippen LogP contribution in [0.25, 0.3) is 16.7 Å². The number of hydrogen-bond acceptors (Lipinski definition) is 2. The number of nitrogens with one attached hydrogen (secondary N) is 1. The largest absolute Gasteiger partial charge is 0.330 e. The number of nitriles is 1. The van der Waals surface area contributed by atoms with E-state index in [2.05, 4.69) is 11.1 Å². The highest BCUT2D eigenvalue weighted by atomic mass is 35.5. The van der Waals surface area contributed by atoms with Crippen LogP contribution in [0.3, 0.4) is 0 Å². The maximum absolute atomic E-state index is 13.3. The first-order valence-corrected chi connectivity index (χ1v) is 6.49. The van der Waals surface area contributed by atoms with Crippen LogP contribution in [0.15, 0.2) is 36.4 Å². The van der Waals surface area contributed by atoms with Crippen molar-refractivity contribution in [2.24, 2.45) is 0 Å². The lowest BCUT2D eigenvalue weighted by molar-refractivity contribution is 0.628. The molecule has 0 bridgehead atoms. The van der Waals surface area contributed by atoms with Crippen molar-refractivity contribution < 1.29 is 4.39 Å². The van der Waals surface area contributed by atoms with Gasteiger partial charge in [0.15, 0.2) is 4.77 Å². The van der Waals surface area contributed by atoms with Crippen LogP contribution in [0.5, 0.6) is 0 Å². The Labute approximate surface area is 123 Å². The molecule has 0 saturated carbocycles. The molecule has 3 nitrogen and oxygen atoms in total. The minimum atomic E-state index is -0.487. The number of hydrogen-bond donors (Lipinski definition) is 1. The highest BCUT2D eigenvalue weighted by molar-refractivity contribution is 7.71. The fourth-order valence-corrected chi connectivity index (χ4v) is 2.54. The number of halogens is 2. The summed E-state index contributed by atoms with van der Waals surface area (Å²) in [6.45, 7) is 0. The van der Waals surface area contributed by atoms with Gasteiger partial charge in [-0.25, -0.2) is 4.39 Å². The number of aromatic amines is 1. The van der Waals surface area contributed by atoms with Gasteiger partial charge in [-0.3, -0.25) is 4.57 Å². The van der Waals surface area contributed by atoms with Crippen molar-refractivity contribution in [3.63, 3.8) is 0 Å². The Hall–Kier alpha value is -2.16. The molecule has 98 valence electrons. The molecule has 1 N–H and O–H groups in total. The number of benzene rings is 2. The molecule has 0 atom stereocenters. The Balaban J connectivity index is 2.35. The average Bonchev–Trinajstić information content (AvgIpc) is 2.77. The number of imidazole rings is 1. The molecule has 0 fully saturated rings. The smallest absolute Gasteiger partial charge is 0.182 e. The second-order valence-corrected chi connectivity index (χ2v) is 5.00. The van der Waals surface area contributed by atoms with Gasteiger partial charge < -0.3 is 4.98 Å². The second kappa shape index (κ2) is 4.75. The Morgan fingerprint density at radius 3 is 2.75 bits per heavy atom. The van der Waals surface area contributed by atoms with Crippen molar-refractivity contribution in [3.8, 4) is 11.8 Å². The lowest BCUT2D eigenvalue weighted by Gasteiger charge is -2.05. The van der Waals surface area contributed by atoms with Gasteiger partial charge in [0.2, 0.25) is 0 Å². The highest BCUT2D eigenvalue weighted by Crippen LogP contribution is 2.24. The van der Waals surface area contributed by atoms with E-state index in [9.17, 15) is 4.39 Å². The summed E-state index contributed by atoms with van der Waals surface area (Å²) in [6.07, 6.45) is 0. The van der Waals surface area contributed by atoms with Crippen molar-refractivity contribution in [1.82, 2.24) is 9.55 Å². The molecule has 0 saturated heterocycles. The SMILES string of the molecule is N#Cc1ccc2[nH]c(=S)n(-c3ccc(F)c(Cl)c3)c2c1. The molecular weight excluding hydrogens is 297 g/mol. The molecule has 20 heavy (non-hydrogen) atoms. The third-order valence-electron chi connectivity index (χ3n) is 2.97. The molecule has 1 aromatic heterocycles. The molecule has 2 aromatic carbocycles. The predicted octanol–water partition coefficient (Wildman–Crippen LogP) is 4.35. The van der Waals surface area contributed by atoms with Crippen molar-refractivity contribution in [1.29, 1.82) is 5.26 Å². The van der Waals surface area contributed by atoms with Crippen LogP contribution >= 0.6 is 23.8 Å². The maximum Gasteiger partial charge on any atom is 0.182 e. The minimum absolute atomic E-state index is 0.0233. The second-order valence-electron chi connectivity index (χ2n) is 4.21. The van der Waals surface area contributed by atoms with Crippen LogP contribution in [0.1, 0.15) is 5.56 Å². The van der Waals surface area contributed by atoms with Gasteiger partial charge in [-0.15, -0.1) is 0 Å². The standard InChI is InChI=1S/C14H7ClFN3S/c15-10-6-9(2-3-11(10)16)19-13-5-8(7-17)1-4-12(13)18-14(19)20/h1-6H,(H,18,20). The number of nitrogens with zero attached hydrogens (tertiary/aromatic N) is 2. The van der Waals surface area contributed by atoms with Gasteiger partial charge in [-0.05, 0) is 48.6 Å². The third-order valence-corrected chi connectivity index (χ3v) is 3.55. The fourth-order valence-electron chi connectivity index (χ4n) is 2.05. The summed E-state index contributed by atoms with van der Waals surface area (Å²) in [5.74, 6) is -0.487. The van der Waals surface area contributed by atoms with Gasteiger partial charge in [-0.2, -0.15) is 5.26 Å². The molecule has 1 heterocycles. The average molecular weight is 304 g/mol. The van der Waals surface area contributed by atoms with Gasteiger partial charge in [0.1, 0.15) is 5.82 Å². The van der Waals surface area contributed by atoms with E-state index < -0.39 is 5.82 Å². The van der Waals surface area contributed by atoms with E-state index in [1.165, 1.54) is 12.1 Å². The van der Waals surface area contributed by atoms with E-state index in [1.54, 1.807) is 28.8 Å². The van der Waals surface area contributed by atoms with Crippen molar-refractivity contribution in [2.75, 3.05) is 0 Å². The lowest BCUT2D eigenvalue weighted by Crippen LogP contribution is -1.95. The molecule has 3 aromatic rings. The summed E-state index contributed by atoms with van der Waals surface area (Å²) in [5, 5.41) is 9.00. The van der Waals surface area contributed by atoms with Crippen LogP contribution in [0.2, 0.25) is 5.02 Å². The summed E-state index contributed by atoms with van der Waals surface area (Å²) >= 11 is 11.1. The molecule has 0 radical (unpaired) electrons. The zero-order valence-electron chi connectivity index (χ0n) is 10.0. The number of H-pyrrole nitrogens is 1. The van der Waals surface area contributed by atoms with Gasteiger partial charge in [0, 0.05) is 0 Å². The first-order chi connectivity index (χ1) is 9.60. The first kappa shape index (κ1) is 12.9. The van der Waals surface area contributed by atoms with Crippen LogP contribution in [0, 0.1) is 21.9 Å². The Kier molecular flexibility index (Phi) is 3.05. The van der Waals surface area contributed by atoms with Gasteiger partial charge in [0.05, 0.1) is 33.4 Å². The zero-order valence-corrected chi connectivity index (χ0v) is 11.6. The van der Waals surface area contributed by atoms with E-state index >= 15 is 0 Å². The number of rotatable bonds is 1. The van der Waals surface area contributed by atoms with E-state index in [4.69, 9.17) is 29.1 Å². The molecule has 3 rings (SSSR count). The monoisotopic (exact) mass is 303 g/mol. The molecule has 0 aliphatic heterocycles. The minimum Gasteiger partial charge on any atom is -0.330 e. The Morgan fingerprint density at radius 2 is 2.05 bits per heavy atom. The van der Waals surface area contributed by atoms with Crippen LogP contribution in [0.4, 0.5) is 4.39 Å². The summed E-state index contributed by atoms with van der Waals surface area (Å²) < 4.78 is 15.4. The molecule has 0 amide bonds. The van der Waals surface area contributed by atoms with Crippen LogP contribution < -0.4 is 0 Å². The molecular formula is C14H7ClFN3S. The normalized spacial score (nSPS) is 10.7. The van der Waals surface area contributed by atoms with E-state index in [0.29, 0.717) is 16.0 Å². The first-order valence-electron chi connectivity index (χ1n) is 5.70. The molecule has 0 aliphatic rings. The summed E-state index contributed by atoms with van der Waals surface area (Å²) in [7, 11) is 0. The Bertz CT molecular complexity index is 920. The maximum atomic E-state index is 13.3. The fraction of sp³-hybridized carbons (Fsp3) is 0. The molecule has 6 heteroatoms.